The third-order valence-corrected chi connectivity index (χ3v) is 4.25. The molecule has 0 saturated heterocycles. The SMILES string of the molecule is CNc1cc(O)c(Cc2ccccc2)cc1C(C)C(C)C. The Morgan fingerprint density at radius 3 is 2.29 bits per heavy atom. The molecule has 2 nitrogen and oxygen atoms in total. The van der Waals surface area contributed by atoms with Crippen LogP contribution in [-0.4, -0.2) is 12.2 Å². The maximum absolute atomic E-state index is 10.3. The Hall–Kier alpha value is -1.96. The molecule has 112 valence electrons. The van der Waals surface area contributed by atoms with Crippen molar-refractivity contribution in [1.82, 2.24) is 0 Å². The largest absolute Gasteiger partial charge is 0.508 e. The van der Waals surface area contributed by atoms with Crippen LogP contribution in [0, 0.1) is 5.92 Å². The topological polar surface area (TPSA) is 32.3 Å². The Bertz CT molecular complexity index is 590. The monoisotopic (exact) mass is 283 g/mol. The van der Waals surface area contributed by atoms with Crippen molar-refractivity contribution in [2.45, 2.75) is 33.1 Å². The van der Waals surface area contributed by atoms with Gasteiger partial charge >= 0.3 is 0 Å². The molecule has 0 aliphatic rings. The van der Waals surface area contributed by atoms with Gasteiger partial charge in [0.25, 0.3) is 0 Å². The molecule has 2 heteroatoms. The highest BCUT2D eigenvalue weighted by atomic mass is 16.3. The van der Waals surface area contributed by atoms with E-state index in [1.807, 2.05) is 31.3 Å². The van der Waals surface area contributed by atoms with Gasteiger partial charge in [-0.15, -0.1) is 0 Å². The molecule has 1 unspecified atom stereocenters. The fourth-order valence-electron chi connectivity index (χ4n) is 2.56. The minimum atomic E-state index is 0.364. The summed E-state index contributed by atoms with van der Waals surface area (Å²) >= 11 is 0. The molecule has 0 aliphatic carbocycles. The number of hydrogen-bond donors (Lipinski definition) is 2. The molecular weight excluding hydrogens is 258 g/mol. The summed E-state index contributed by atoms with van der Waals surface area (Å²) in [5.74, 6) is 1.37. The predicted molar refractivity (Wildman–Crippen MR) is 90.2 cm³/mol. The van der Waals surface area contributed by atoms with E-state index in [1.165, 1.54) is 11.1 Å². The van der Waals surface area contributed by atoms with Crippen molar-refractivity contribution in [2.75, 3.05) is 12.4 Å². The first kappa shape index (κ1) is 15.4. The van der Waals surface area contributed by atoms with Crippen LogP contribution in [0.4, 0.5) is 5.69 Å². The van der Waals surface area contributed by atoms with E-state index in [4.69, 9.17) is 0 Å². The van der Waals surface area contributed by atoms with E-state index in [0.717, 1.165) is 17.7 Å². The van der Waals surface area contributed by atoms with Gasteiger partial charge in [0.2, 0.25) is 0 Å². The first-order valence-electron chi connectivity index (χ1n) is 7.60. The third kappa shape index (κ3) is 3.57. The van der Waals surface area contributed by atoms with Gasteiger partial charge in [-0.2, -0.15) is 0 Å². The molecule has 0 aromatic heterocycles. The number of phenols is 1. The summed E-state index contributed by atoms with van der Waals surface area (Å²) in [6.07, 6.45) is 0.758. The Labute approximate surface area is 127 Å². The smallest absolute Gasteiger partial charge is 0.121 e. The number of benzene rings is 2. The van der Waals surface area contributed by atoms with Crippen LogP contribution in [-0.2, 0) is 6.42 Å². The highest BCUT2D eigenvalue weighted by Crippen LogP contribution is 2.35. The van der Waals surface area contributed by atoms with E-state index in [9.17, 15) is 5.11 Å². The molecule has 21 heavy (non-hydrogen) atoms. The average Bonchev–Trinajstić information content (AvgIpc) is 2.49. The van der Waals surface area contributed by atoms with Gasteiger partial charge in [-0.05, 0) is 34.6 Å². The Kier molecular flexibility index (Phi) is 4.89. The van der Waals surface area contributed by atoms with Gasteiger partial charge in [-0.25, -0.2) is 0 Å². The van der Waals surface area contributed by atoms with E-state index in [0.29, 0.717) is 17.6 Å². The lowest BCUT2D eigenvalue weighted by atomic mass is 9.87. The van der Waals surface area contributed by atoms with Gasteiger partial charge < -0.3 is 10.4 Å². The van der Waals surface area contributed by atoms with Gasteiger partial charge in [-0.3, -0.25) is 0 Å². The number of phenolic OH excluding ortho intramolecular Hbond substituents is 1. The highest BCUT2D eigenvalue weighted by molar-refractivity contribution is 5.59. The average molecular weight is 283 g/mol. The molecule has 0 radical (unpaired) electrons. The molecule has 0 amide bonds. The second-order valence-corrected chi connectivity index (χ2v) is 6.01. The normalized spacial score (nSPS) is 12.4. The van der Waals surface area contributed by atoms with E-state index in [2.05, 4.69) is 44.3 Å². The summed E-state index contributed by atoms with van der Waals surface area (Å²) < 4.78 is 0. The first-order valence-corrected chi connectivity index (χ1v) is 7.60. The molecule has 0 aliphatic heterocycles. The summed E-state index contributed by atoms with van der Waals surface area (Å²) in [7, 11) is 1.90. The van der Waals surface area contributed by atoms with E-state index in [1.54, 1.807) is 0 Å². The van der Waals surface area contributed by atoms with Crippen molar-refractivity contribution in [3.05, 3.63) is 59.2 Å². The van der Waals surface area contributed by atoms with Crippen LogP contribution in [0.2, 0.25) is 0 Å². The van der Waals surface area contributed by atoms with E-state index in [-0.39, 0.29) is 0 Å². The van der Waals surface area contributed by atoms with Gasteiger partial charge in [0, 0.05) is 25.2 Å². The Morgan fingerprint density at radius 1 is 1.05 bits per heavy atom. The van der Waals surface area contributed by atoms with Gasteiger partial charge in [-0.1, -0.05) is 51.1 Å². The van der Waals surface area contributed by atoms with Gasteiger partial charge in [0.15, 0.2) is 0 Å². The van der Waals surface area contributed by atoms with E-state index >= 15 is 0 Å². The second kappa shape index (κ2) is 6.66. The zero-order valence-electron chi connectivity index (χ0n) is 13.4. The lowest BCUT2D eigenvalue weighted by molar-refractivity contribution is 0.468. The maximum Gasteiger partial charge on any atom is 0.121 e. The zero-order chi connectivity index (χ0) is 15.4. The number of hydrogen-bond acceptors (Lipinski definition) is 2. The molecule has 2 N–H and O–H groups in total. The first-order chi connectivity index (χ1) is 10.0. The fourth-order valence-corrected chi connectivity index (χ4v) is 2.56. The van der Waals surface area contributed by atoms with Crippen LogP contribution in [0.15, 0.2) is 42.5 Å². The molecule has 0 heterocycles. The number of nitrogens with one attached hydrogen (secondary N) is 1. The van der Waals surface area contributed by atoms with Crippen molar-refractivity contribution in [2.24, 2.45) is 5.92 Å². The number of anilines is 1. The fraction of sp³-hybridized carbons (Fsp3) is 0.368. The number of aromatic hydroxyl groups is 1. The summed E-state index contributed by atoms with van der Waals surface area (Å²) in [5.41, 5.74) is 4.50. The quantitative estimate of drug-likeness (QED) is 0.827. The van der Waals surface area contributed by atoms with E-state index < -0.39 is 0 Å². The molecule has 2 rings (SSSR count). The summed E-state index contributed by atoms with van der Waals surface area (Å²) in [4.78, 5) is 0. The van der Waals surface area contributed by atoms with Crippen molar-refractivity contribution in [3.8, 4) is 5.75 Å². The van der Waals surface area contributed by atoms with Crippen LogP contribution in [0.5, 0.6) is 5.75 Å². The number of rotatable bonds is 5. The molecule has 2 aromatic carbocycles. The lowest BCUT2D eigenvalue weighted by Crippen LogP contribution is -2.07. The van der Waals surface area contributed by atoms with Crippen LogP contribution in [0.25, 0.3) is 0 Å². The molecule has 0 saturated carbocycles. The summed E-state index contributed by atoms with van der Waals surface area (Å²) in [6, 6.07) is 14.3. The molecule has 0 spiro atoms. The highest BCUT2D eigenvalue weighted by Gasteiger charge is 2.17. The molecule has 2 aromatic rings. The minimum Gasteiger partial charge on any atom is -0.508 e. The Balaban J connectivity index is 2.40. The second-order valence-electron chi connectivity index (χ2n) is 6.01. The predicted octanol–water partition coefficient (Wildman–Crippen LogP) is 4.78. The zero-order valence-corrected chi connectivity index (χ0v) is 13.4. The summed E-state index contributed by atoms with van der Waals surface area (Å²) in [6.45, 7) is 6.70. The summed E-state index contributed by atoms with van der Waals surface area (Å²) in [5, 5.41) is 13.5. The molecule has 0 bridgehead atoms. The maximum atomic E-state index is 10.3. The standard InChI is InChI=1S/C19H25NO/c1-13(2)14(3)17-11-16(19(21)12-18(17)20-4)10-15-8-6-5-7-9-15/h5-9,11-14,20-21H,10H2,1-4H3. The van der Waals surface area contributed by atoms with Crippen molar-refractivity contribution >= 4 is 5.69 Å². The molecule has 1 atom stereocenters. The molecule has 0 fully saturated rings. The minimum absolute atomic E-state index is 0.364. The lowest BCUT2D eigenvalue weighted by Gasteiger charge is -2.21. The van der Waals surface area contributed by atoms with Crippen LogP contribution in [0.3, 0.4) is 0 Å². The van der Waals surface area contributed by atoms with Gasteiger partial charge in [0.05, 0.1) is 0 Å². The van der Waals surface area contributed by atoms with Crippen LogP contribution >= 0.6 is 0 Å². The van der Waals surface area contributed by atoms with Gasteiger partial charge in [0.1, 0.15) is 5.75 Å². The molecular formula is C19H25NO. The third-order valence-electron chi connectivity index (χ3n) is 4.25. The van der Waals surface area contributed by atoms with Crippen molar-refractivity contribution in [3.63, 3.8) is 0 Å². The van der Waals surface area contributed by atoms with Crippen LogP contribution < -0.4 is 5.32 Å². The van der Waals surface area contributed by atoms with Crippen LogP contribution in [0.1, 0.15) is 43.4 Å². The Morgan fingerprint density at radius 2 is 1.71 bits per heavy atom. The van der Waals surface area contributed by atoms with Crippen molar-refractivity contribution < 1.29 is 5.11 Å². The van der Waals surface area contributed by atoms with Crippen molar-refractivity contribution in [1.29, 1.82) is 0 Å².